The molecule has 0 saturated heterocycles. The van der Waals surface area contributed by atoms with Crippen molar-refractivity contribution in [3.63, 3.8) is 0 Å². The van der Waals surface area contributed by atoms with E-state index in [1.165, 1.54) is 0 Å². The first-order valence-electron chi connectivity index (χ1n) is 5.33. The normalized spacial score (nSPS) is 13.8. The molecular weight excluding hydrogens is 220 g/mol. The van der Waals surface area contributed by atoms with Gasteiger partial charge in [0, 0.05) is 0 Å². The van der Waals surface area contributed by atoms with Gasteiger partial charge in [-0.2, -0.15) is 0 Å². The minimum atomic E-state index is -0.969. The molecule has 0 aromatic heterocycles. The number of nitrogens with two attached hydrogens (primary N) is 1. The van der Waals surface area contributed by atoms with Crippen molar-refractivity contribution in [2.24, 2.45) is 5.73 Å². The first-order chi connectivity index (χ1) is 8.00. The van der Waals surface area contributed by atoms with E-state index in [2.05, 4.69) is 5.32 Å². The minimum absolute atomic E-state index is 0.164. The molecule has 1 amide bonds. The summed E-state index contributed by atoms with van der Waals surface area (Å²) in [5.41, 5.74) is 6.19. The van der Waals surface area contributed by atoms with Gasteiger partial charge in [0.15, 0.2) is 0 Å². The van der Waals surface area contributed by atoms with Gasteiger partial charge >= 0.3 is 5.97 Å². The van der Waals surface area contributed by atoms with Gasteiger partial charge < -0.3 is 16.2 Å². The summed E-state index contributed by atoms with van der Waals surface area (Å²) in [5.74, 6) is -1.33. The summed E-state index contributed by atoms with van der Waals surface area (Å²) in [7, 11) is 0. The standard InChI is InChI=1S/C12H16N2O3/c1-8(13)12(17)14-10(7-11(15)16)9-5-3-2-4-6-9/h2-6,8,10H,7,13H2,1H3,(H,14,17)(H,15,16)/t8-,10?/m0/s1. The zero-order valence-electron chi connectivity index (χ0n) is 9.59. The molecule has 0 bridgehead atoms. The van der Waals surface area contributed by atoms with E-state index in [-0.39, 0.29) is 12.3 Å². The molecule has 0 fully saturated rings. The summed E-state index contributed by atoms with van der Waals surface area (Å²) in [5, 5.41) is 11.4. The Hall–Kier alpha value is -1.88. The number of hydrogen-bond donors (Lipinski definition) is 3. The lowest BCUT2D eigenvalue weighted by Gasteiger charge is -2.18. The second-order valence-electron chi connectivity index (χ2n) is 3.86. The summed E-state index contributed by atoms with van der Waals surface area (Å²) in [6, 6.07) is 7.76. The number of rotatable bonds is 5. The van der Waals surface area contributed by atoms with Crippen LogP contribution in [0.5, 0.6) is 0 Å². The molecule has 0 heterocycles. The first kappa shape index (κ1) is 13.2. The average Bonchev–Trinajstić information content (AvgIpc) is 2.28. The number of carboxylic acid groups (broad SMARTS) is 1. The number of carbonyl (C=O) groups excluding carboxylic acids is 1. The van der Waals surface area contributed by atoms with Gasteiger partial charge in [-0.3, -0.25) is 9.59 Å². The topological polar surface area (TPSA) is 92.4 Å². The summed E-state index contributed by atoms with van der Waals surface area (Å²) < 4.78 is 0. The van der Waals surface area contributed by atoms with E-state index in [4.69, 9.17) is 10.8 Å². The Morgan fingerprint density at radius 2 is 1.94 bits per heavy atom. The van der Waals surface area contributed by atoms with E-state index in [9.17, 15) is 9.59 Å². The second kappa shape index (κ2) is 6.00. The van der Waals surface area contributed by atoms with Crippen LogP contribution in [0, 0.1) is 0 Å². The van der Waals surface area contributed by atoms with E-state index in [1.54, 1.807) is 31.2 Å². The third-order valence-electron chi connectivity index (χ3n) is 2.31. The van der Waals surface area contributed by atoms with E-state index in [0.29, 0.717) is 0 Å². The van der Waals surface area contributed by atoms with Gasteiger partial charge in [-0.05, 0) is 12.5 Å². The molecule has 17 heavy (non-hydrogen) atoms. The molecule has 5 nitrogen and oxygen atoms in total. The Morgan fingerprint density at radius 3 is 2.41 bits per heavy atom. The molecule has 92 valence electrons. The Kier molecular flexibility index (Phi) is 4.66. The van der Waals surface area contributed by atoms with Crippen molar-refractivity contribution in [1.82, 2.24) is 5.32 Å². The van der Waals surface area contributed by atoms with Crippen molar-refractivity contribution in [2.75, 3.05) is 0 Å². The van der Waals surface area contributed by atoms with Gasteiger partial charge in [0.25, 0.3) is 0 Å². The number of carboxylic acids is 1. The van der Waals surface area contributed by atoms with Gasteiger partial charge in [0.1, 0.15) is 0 Å². The summed E-state index contributed by atoms with van der Waals surface area (Å²) in [6.07, 6.45) is -0.164. The van der Waals surface area contributed by atoms with Crippen molar-refractivity contribution in [1.29, 1.82) is 0 Å². The number of benzene rings is 1. The molecule has 0 aliphatic heterocycles. The quantitative estimate of drug-likeness (QED) is 0.700. The number of aliphatic carboxylic acids is 1. The zero-order valence-corrected chi connectivity index (χ0v) is 9.59. The van der Waals surface area contributed by atoms with Crippen LogP contribution in [0.3, 0.4) is 0 Å². The van der Waals surface area contributed by atoms with Crippen LogP contribution in [-0.2, 0) is 9.59 Å². The molecule has 1 rings (SSSR count). The van der Waals surface area contributed by atoms with E-state index < -0.39 is 18.1 Å². The van der Waals surface area contributed by atoms with E-state index >= 15 is 0 Å². The molecule has 2 atom stereocenters. The van der Waals surface area contributed by atoms with Crippen LogP contribution in [0.2, 0.25) is 0 Å². The fraction of sp³-hybridized carbons (Fsp3) is 0.333. The summed E-state index contributed by atoms with van der Waals surface area (Å²) in [6.45, 7) is 1.55. The Morgan fingerprint density at radius 1 is 1.35 bits per heavy atom. The fourth-order valence-corrected chi connectivity index (χ4v) is 1.42. The number of hydrogen-bond acceptors (Lipinski definition) is 3. The van der Waals surface area contributed by atoms with Gasteiger partial charge in [-0.15, -0.1) is 0 Å². The maximum atomic E-state index is 11.5. The Balaban J connectivity index is 2.81. The molecular formula is C12H16N2O3. The molecule has 0 spiro atoms. The van der Waals surface area contributed by atoms with E-state index in [0.717, 1.165) is 5.56 Å². The lowest BCUT2D eigenvalue weighted by Crippen LogP contribution is -2.40. The Labute approximate surface area is 99.6 Å². The van der Waals surface area contributed by atoms with Crippen LogP contribution in [0.1, 0.15) is 24.9 Å². The number of carbonyl (C=O) groups is 2. The molecule has 5 heteroatoms. The molecule has 1 aromatic carbocycles. The number of nitrogens with one attached hydrogen (secondary N) is 1. The van der Waals surface area contributed by atoms with Crippen molar-refractivity contribution in [3.8, 4) is 0 Å². The molecule has 0 aliphatic rings. The largest absolute Gasteiger partial charge is 0.481 e. The first-order valence-corrected chi connectivity index (χ1v) is 5.33. The predicted molar refractivity (Wildman–Crippen MR) is 63.2 cm³/mol. The molecule has 4 N–H and O–H groups in total. The number of amides is 1. The summed E-state index contributed by atoms with van der Waals surface area (Å²) >= 11 is 0. The van der Waals surface area contributed by atoms with Gasteiger partial charge in [0.05, 0.1) is 18.5 Å². The second-order valence-corrected chi connectivity index (χ2v) is 3.86. The van der Waals surface area contributed by atoms with Crippen molar-refractivity contribution in [2.45, 2.75) is 25.4 Å². The van der Waals surface area contributed by atoms with Crippen LogP contribution >= 0.6 is 0 Å². The lowest BCUT2D eigenvalue weighted by molar-refractivity contribution is -0.137. The monoisotopic (exact) mass is 236 g/mol. The lowest BCUT2D eigenvalue weighted by atomic mass is 10.0. The summed E-state index contributed by atoms with van der Waals surface area (Å²) in [4.78, 5) is 22.2. The van der Waals surface area contributed by atoms with Crippen LogP contribution in [-0.4, -0.2) is 23.0 Å². The highest BCUT2D eigenvalue weighted by atomic mass is 16.4. The Bertz CT molecular complexity index is 390. The maximum absolute atomic E-state index is 11.5. The van der Waals surface area contributed by atoms with E-state index in [1.807, 2.05) is 6.07 Å². The molecule has 1 unspecified atom stereocenters. The fourth-order valence-electron chi connectivity index (χ4n) is 1.42. The SMILES string of the molecule is C[C@H](N)C(=O)NC(CC(=O)O)c1ccccc1. The van der Waals surface area contributed by atoms with Crippen LogP contribution in [0.4, 0.5) is 0 Å². The highest BCUT2D eigenvalue weighted by Gasteiger charge is 2.19. The van der Waals surface area contributed by atoms with Gasteiger partial charge in [0.2, 0.25) is 5.91 Å². The molecule has 1 aromatic rings. The third kappa shape index (κ3) is 4.24. The van der Waals surface area contributed by atoms with Crippen molar-refractivity contribution >= 4 is 11.9 Å². The van der Waals surface area contributed by atoms with Crippen LogP contribution in [0.15, 0.2) is 30.3 Å². The van der Waals surface area contributed by atoms with Gasteiger partial charge in [-0.25, -0.2) is 0 Å². The van der Waals surface area contributed by atoms with Crippen molar-refractivity contribution < 1.29 is 14.7 Å². The third-order valence-corrected chi connectivity index (χ3v) is 2.31. The average molecular weight is 236 g/mol. The van der Waals surface area contributed by atoms with Crippen LogP contribution < -0.4 is 11.1 Å². The van der Waals surface area contributed by atoms with Crippen LogP contribution in [0.25, 0.3) is 0 Å². The van der Waals surface area contributed by atoms with Crippen molar-refractivity contribution in [3.05, 3.63) is 35.9 Å². The predicted octanol–water partition coefficient (Wildman–Crippen LogP) is 0.666. The highest BCUT2D eigenvalue weighted by Crippen LogP contribution is 2.16. The molecule has 0 radical (unpaired) electrons. The van der Waals surface area contributed by atoms with Gasteiger partial charge in [-0.1, -0.05) is 30.3 Å². The maximum Gasteiger partial charge on any atom is 0.305 e. The minimum Gasteiger partial charge on any atom is -0.481 e. The molecule has 0 aliphatic carbocycles. The smallest absolute Gasteiger partial charge is 0.305 e. The highest BCUT2D eigenvalue weighted by molar-refractivity contribution is 5.82. The molecule has 0 saturated carbocycles. The zero-order chi connectivity index (χ0) is 12.8.